The van der Waals surface area contributed by atoms with Crippen molar-refractivity contribution in [2.45, 2.75) is 12.5 Å². The summed E-state index contributed by atoms with van der Waals surface area (Å²) in [6.45, 7) is 7.79. The first-order chi connectivity index (χ1) is 15.9. The zero-order valence-corrected chi connectivity index (χ0v) is 17.7. The zero-order valence-electron chi connectivity index (χ0n) is 17.7. The fourth-order valence-electron chi connectivity index (χ4n) is 4.11. The minimum absolute atomic E-state index is 0.0537. The molecule has 2 aromatic carbocycles. The van der Waals surface area contributed by atoms with E-state index in [1.165, 1.54) is 21.6 Å². The van der Waals surface area contributed by atoms with E-state index in [0.717, 1.165) is 17.0 Å². The van der Waals surface area contributed by atoms with Gasteiger partial charge in [0.15, 0.2) is 5.69 Å². The van der Waals surface area contributed by atoms with Crippen molar-refractivity contribution in [1.29, 1.82) is 0 Å². The largest absolute Gasteiger partial charge is 0.336 e. The van der Waals surface area contributed by atoms with E-state index in [1.54, 1.807) is 36.1 Å². The van der Waals surface area contributed by atoms with Crippen LogP contribution >= 0.6 is 0 Å². The van der Waals surface area contributed by atoms with Gasteiger partial charge in [-0.3, -0.25) is 14.0 Å². The Hall–Kier alpha value is -4.10. The molecule has 33 heavy (non-hydrogen) atoms. The standard InChI is InChI=1S/C23H19F2N7O/c1-27-18-5-3-13(10-17(18)24)22-29-20(23(33)31-8-7-15(26)12-31)21(25)32(22)16-4-6-19-14(9-16)11-28-30(19)2/h3-6,9-11,15H,7-8,12,26H2,2H3/t15-/m0/s1. The molecule has 1 atom stereocenters. The van der Waals surface area contributed by atoms with Crippen LogP contribution in [0.3, 0.4) is 0 Å². The Kier molecular flexibility index (Phi) is 4.91. The molecule has 8 nitrogen and oxygen atoms in total. The van der Waals surface area contributed by atoms with Gasteiger partial charge in [0.1, 0.15) is 11.6 Å². The summed E-state index contributed by atoms with van der Waals surface area (Å²) >= 11 is 0. The molecule has 1 fully saturated rings. The normalized spacial score (nSPS) is 15.8. The lowest BCUT2D eigenvalue weighted by Gasteiger charge is -2.14. The average Bonchev–Trinajstić information content (AvgIpc) is 3.50. The van der Waals surface area contributed by atoms with E-state index in [4.69, 9.17) is 12.3 Å². The summed E-state index contributed by atoms with van der Waals surface area (Å²) in [5.74, 6) is -2.12. The number of carbonyl (C=O) groups is 1. The fourth-order valence-corrected chi connectivity index (χ4v) is 4.11. The molecule has 1 aliphatic heterocycles. The monoisotopic (exact) mass is 447 g/mol. The van der Waals surface area contributed by atoms with E-state index in [-0.39, 0.29) is 28.8 Å². The van der Waals surface area contributed by atoms with E-state index in [0.29, 0.717) is 25.2 Å². The Bertz CT molecular complexity index is 1450. The van der Waals surface area contributed by atoms with Gasteiger partial charge in [-0.1, -0.05) is 12.1 Å². The van der Waals surface area contributed by atoms with Crippen molar-refractivity contribution in [3.8, 4) is 17.1 Å². The Morgan fingerprint density at radius 2 is 2.06 bits per heavy atom. The van der Waals surface area contributed by atoms with Gasteiger partial charge >= 0.3 is 0 Å². The van der Waals surface area contributed by atoms with Crippen LogP contribution in [0.4, 0.5) is 14.5 Å². The first kappa shape index (κ1) is 20.8. The van der Waals surface area contributed by atoms with Crippen molar-refractivity contribution in [1.82, 2.24) is 24.2 Å². The fraction of sp³-hybridized carbons (Fsp3) is 0.217. The summed E-state index contributed by atoms with van der Waals surface area (Å²) in [7, 11) is 1.80. The summed E-state index contributed by atoms with van der Waals surface area (Å²) in [6.07, 6.45) is 2.27. The maximum absolute atomic E-state index is 15.8. The van der Waals surface area contributed by atoms with Gasteiger partial charge in [-0.25, -0.2) is 14.2 Å². The number of fused-ring (bicyclic) bond motifs is 1. The Balaban J connectivity index is 1.70. The highest BCUT2D eigenvalue weighted by atomic mass is 19.1. The van der Waals surface area contributed by atoms with Crippen LogP contribution in [0.1, 0.15) is 16.9 Å². The topological polar surface area (TPSA) is 86.3 Å². The molecule has 4 aromatic rings. The lowest BCUT2D eigenvalue weighted by Crippen LogP contribution is -2.32. The third-order valence-electron chi connectivity index (χ3n) is 5.85. The minimum atomic E-state index is -0.853. The van der Waals surface area contributed by atoms with Crippen LogP contribution in [0.2, 0.25) is 0 Å². The van der Waals surface area contributed by atoms with Gasteiger partial charge in [-0.15, -0.1) is 0 Å². The van der Waals surface area contributed by atoms with Gasteiger partial charge in [0.25, 0.3) is 5.91 Å². The second kappa shape index (κ2) is 7.79. The number of benzene rings is 2. The van der Waals surface area contributed by atoms with Crippen LogP contribution in [0.5, 0.6) is 0 Å². The van der Waals surface area contributed by atoms with Crippen LogP contribution in [0, 0.1) is 18.3 Å². The maximum atomic E-state index is 15.8. The molecule has 2 aromatic heterocycles. The molecular weight excluding hydrogens is 428 g/mol. The zero-order chi connectivity index (χ0) is 23.3. The number of amides is 1. The SMILES string of the molecule is [C-]#[N+]c1ccc(-c2nc(C(=O)N3CC[C@H](N)C3)c(F)n2-c2ccc3c(cnn3C)c2)cc1F. The molecule has 0 saturated carbocycles. The highest BCUT2D eigenvalue weighted by Gasteiger charge is 2.31. The van der Waals surface area contributed by atoms with Crippen molar-refractivity contribution in [3.63, 3.8) is 0 Å². The number of imidazole rings is 1. The second-order valence-corrected chi connectivity index (χ2v) is 8.00. The van der Waals surface area contributed by atoms with Gasteiger partial charge in [0.05, 0.1) is 24.0 Å². The number of carbonyl (C=O) groups excluding carboxylic acids is 1. The average molecular weight is 447 g/mol. The Labute approximate surface area is 187 Å². The molecule has 0 radical (unpaired) electrons. The van der Waals surface area contributed by atoms with Gasteiger partial charge < -0.3 is 10.6 Å². The summed E-state index contributed by atoms with van der Waals surface area (Å²) in [5, 5.41) is 4.97. The minimum Gasteiger partial charge on any atom is -0.336 e. The lowest BCUT2D eigenvalue weighted by atomic mass is 10.1. The van der Waals surface area contributed by atoms with E-state index in [1.807, 2.05) is 0 Å². The van der Waals surface area contributed by atoms with Gasteiger partial charge in [-0.2, -0.15) is 9.49 Å². The molecule has 3 heterocycles. The van der Waals surface area contributed by atoms with E-state index >= 15 is 4.39 Å². The predicted molar refractivity (Wildman–Crippen MR) is 118 cm³/mol. The molecule has 10 heteroatoms. The van der Waals surface area contributed by atoms with Crippen molar-refractivity contribution >= 4 is 22.5 Å². The number of nitrogens with two attached hydrogens (primary N) is 1. The Morgan fingerprint density at radius 3 is 2.76 bits per heavy atom. The molecule has 1 amide bonds. The third kappa shape index (κ3) is 3.43. The number of aryl methyl sites for hydroxylation is 1. The second-order valence-electron chi connectivity index (χ2n) is 8.00. The lowest BCUT2D eigenvalue weighted by molar-refractivity contribution is 0.0780. The molecule has 5 rings (SSSR count). The highest BCUT2D eigenvalue weighted by molar-refractivity contribution is 5.94. The van der Waals surface area contributed by atoms with Crippen molar-refractivity contribution < 1.29 is 13.6 Å². The number of hydrogen-bond acceptors (Lipinski definition) is 4. The summed E-state index contributed by atoms with van der Waals surface area (Å²) in [4.78, 5) is 21.9. The van der Waals surface area contributed by atoms with Crippen molar-refractivity contribution in [3.05, 3.63) is 71.5 Å². The molecule has 2 N–H and O–H groups in total. The molecule has 0 spiro atoms. The van der Waals surface area contributed by atoms with Crippen molar-refractivity contribution in [2.75, 3.05) is 13.1 Å². The van der Waals surface area contributed by atoms with Crippen LogP contribution in [-0.2, 0) is 7.05 Å². The predicted octanol–water partition coefficient (Wildman–Crippen LogP) is 3.43. The van der Waals surface area contributed by atoms with Gasteiger partial charge in [-0.05, 0) is 30.7 Å². The first-order valence-electron chi connectivity index (χ1n) is 10.3. The van der Waals surface area contributed by atoms with Crippen LogP contribution in [0.25, 0.3) is 32.8 Å². The molecule has 0 bridgehead atoms. The number of likely N-dealkylation sites (tertiary alicyclic amines) is 1. The van der Waals surface area contributed by atoms with Crippen LogP contribution in [-0.4, -0.2) is 49.3 Å². The Morgan fingerprint density at radius 1 is 1.24 bits per heavy atom. The van der Waals surface area contributed by atoms with Gasteiger partial charge in [0.2, 0.25) is 11.6 Å². The van der Waals surface area contributed by atoms with E-state index in [2.05, 4.69) is 14.9 Å². The molecule has 1 saturated heterocycles. The number of hydrogen-bond donors (Lipinski definition) is 1. The molecule has 166 valence electrons. The third-order valence-corrected chi connectivity index (χ3v) is 5.85. The number of aromatic nitrogens is 4. The van der Waals surface area contributed by atoms with Crippen LogP contribution < -0.4 is 5.73 Å². The quantitative estimate of drug-likeness (QED) is 0.488. The molecular formula is C23H19F2N7O. The number of halogens is 2. The van der Waals surface area contributed by atoms with Crippen molar-refractivity contribution in [2.24, 2.45) is 12.8 Å². The first-order valence-corrected chi connectivity index (χ1v) is 10.3. The van der Waals surface area contributed by atoms with Gasteiger partial charge in [0, 0.05) is 37.1 Å². The van der Waals surface area contributed by atoms with Crippen LogP contribution in [0.15, 0.2) is 42.6 Å². The summed E-state index contributed by atoms with van der Waals surface area (Å²) in [5.41, 5.74) is 6.88. The maximum Gasteiger partial charge on any atom is 0.277 e. The van der Waals surface area contributed by atoms with E-state index < -0.39 is 17.7 Å². The molecule has 0 unspecified atom stereocenters. The smallest absolute Gasteiger partial charge is 0.277 e. The molecule has 0 aliphatic carbocycles. The highest BCUT2D eigenvalue weighted by Crippen LogP contribution is 2.31. The summed E-state index contributed by atoms with van der Waals surface area (Å²) in [6, 6.07) is 8.93. The number of nitrogens with zero attached hydrogens (tertiary/aromatic N) is 6. The van der Waals surface area contributed by atoms with E-state index in [9.17, 15) is 9.18 Å². The summed E-state index contributed by atoms with van der Waals surface area (Å²) < 4.78 is 33.0. The molecule has 1 aliphatic rings. The number of rotatable bonds is 3.